The van der Waals surface area contributed by atoms with E-state index in [2.05, 4.69) is 5.48 Å². The summed E-state index contributed by atoms with van der Waals surface area (Å²) in [5.41, 5.74) is 4.39. The summed E-state index contributed by atoms with van der Waals surface area (Å²) in [5.74, 6) is 0.589. The van der Waals surface area contributed by atoms with Crippen LogP contribution in [0.2, 0.25) is 0 Å². The van der Waals surface area contributed by atoms with Crippen LogP contribution in [-0.4, -0.2) is 33.8 Å². The highest BCUT2D eigenvalue weighted by atomic mass is 16.7. The standard InChI is InChI=1S/C13H19NO4/c1-2-13(17)14-18-12-5-3-4-8-6-10(15)11(16)7-9(8)12/h3-5,10-11,13-17H,2,6-7H2,1H3. The molecule has 0 saturated heterocycles. The van der Waals surface area contributed by atoms with E-state index in [4.69, 9.17) is 4.84 Å². The molecule has 3 unspecified atom stereocenters. The SMILES string of the molecule is CCC(O)NOc1cccc2c1CC(O)C(O)C2. The van der Waals surface area contributed by atoms with Gasteiger partial charge in [0.05, 0.1) is 12.2 Å². The van der Waals surface area contributed by atoms with E-state index >= 15 is 0 Å². The van der Waals surface area contributed by atoms with Gasteiger partial charge < -0.3 is 20.2 Å². The molecule has 0 saturated carbocycles. The summed E-state index contributed by atoms with van der Waals surface area (Å²) < 4.78 is 0. The van der Waals surface area contributed by atoms with Crippen LogP contribution in [0.1, 0.15) is 24.5 Å². The van der Waals surface area contributed by atoms with Gasteiger partial charge in [-0.3, -0.25) is 0 Å². The minimum atomic E-state index is -0.765. The largest absolute Gasteiger partial charge is 0.406 e. The zero-order valence-electron chi connectivity index (χ0n) is 10.3. The van der Waals surface area contributed by atoms with Crippen LogP contribution in [0.3, 0.4) is 0 Å². The smallest absolute Gasteiger partial charge is 0.150 e. The second kappa shape index (κ2) is 5.67. The number of hydrogen-bond acceptors (Lipinski definition) is 5. The highest BCUT2D eigenvalue weighted by Gasteiger charge is 2.27. The summed E-state index contributed by atoms with van der Waals surface area (Å²) >= 11 is 0. The normalized spacial score (nSPS) is 24.4. The summed E-state index contributed by atoms with van der Waals surface area (Å²) in [6, 6.07) is 5.52. The molecule has 4 N–H and O–H groups in total. The van der Waals surface area contributed by atoms with E-state index in [9.17, 15) is 15.3 Å². The number of aliphatic hydroxyl groups is 3. The first-order valence-electron chi connectivity index (χ1n) is 6.19. The summed E-state index contributed by atoms with van der Waals surface area (Å²) in [7, 11) is 0. The van der Waals surface area contributed by atoms with Crippen molar-refractivity contribution in [3.05, 3.63) is 29.3 Å². The first-order valence-corrected chi connectivity index (χ1v) is 6.19. The van der Waals surface area contributed by atoms with Crippen molar-refractivity contribution < 1.29 is 20.2 Å². The van der Waals surface area contributed by atoms with E-state index in [0.29, 0.717) is 25.0 Å². The fourth-order valence-electron chi connectivity index (χ4n) is 2.05. The molecule has 3 atom stereocenters. The third-order valence-corrected chi connectivity index (χ3v) is 3.21. The maximum Gasteiger partial charge on any atom is 0.150 e. The van der Waals surface area contributed by atoms with Crippen LogP contribution in [0.5, 0.6) is 5.75 Å². The van der Waals surface area contributed by atoms with Crippen molar-refractivity contribution in [3.8, 4) is 5.75 Å². The predicted octanol–water partition coefficient (Wildman–Crippen LogP) is 0.119. The van der Waals surface area contributed by atoms with Gasteiger partial charge in [-0.1, -0.05) is 19.1 Å². The zero-order chi connectivity index (χ0) is 13.1. The van der Waals surface area contributed by atoms with Gasteiger partial charge in [0.25, 0.3) is 0 Å². The molecule has 0 bridgehead atoms. The first-order chi connectivity index (χ1) is 8.61. The lowest BCUT2D eigenvalue weighted by molar-refractivity contribution is 0.00643. The molecule has 5 heteroatoms. The van der Waals surface area contributed by atoms with E-state index in [1.807, 2.05) is 19.1 Å². The summed E-state index contributed by atoms with van der Waals surface area (Å²) in [5, 5.41) is 28.7. The molecule has 0 spiro atoms. The topological polar surface area (TPSA) is 82.0 Å². The minimum absolute atomic E-state index is 0.358. The molecule has 0 heterocycles. The van der Waals surface area contributed by atoms with Gasteiger partial charge in [-0.25, -0.2) is 0 Å². The van der Waals surface area contributed by atoms with Gasteiger partial charge >= 0.3 is 0 Å². The van der Waals surface area contributed by atoms with E-state index in [-0.39, 0.29) is 0 Å². The Morgan fingerprint density at radius 2 is 2.06 bits per heavy atom. The van der Waals surface area contributed by atoms with Crippen LogP contribution in [0.25, 0.3) is 0 Å². The third-order valence-electron chi connectivity index (χ3n) is 3.21. The van der Waals surface area contributed by atoms with Crippen molar-refractivity contribution in [1.82, 2.24) is 5.48 Å². The molecule has 0 radical (unpaired) electrons. The van der Waals surface area contributed by atoms with Gasteiger partial charge in [-0.2, -0.15) is 0 Å². The van der Waals surface area contributed by atoms with Crippen LogP contribution in [0.15, 0.2) is 18.2 Å². The lowest BCUT2D eigenvalue weighted by Gasteiger charge is -2.27. The Labute approximate surface area is 106 Å². The molecular weight excluding hydrogens is 234 g/mol. The van der Waals surface area contributed by atoms with E-state index in [1.165, 1.54) is 0 Å². The van der Waals surface area contributed by atoms with Crippen molar-refractivity contribution in [1.29, 1.82) is 0 Å². The summed E-state index contributed by atoms with van der Waals surface area (Å²) in [6.45, 7) is 1.83. The van der Waals surface area contributed by atoms with Crippen molar-refractivity contribution in [2.75, 3.05) is 0 Å². The molecule has 0 aliphatic heterocycles. The van der Waals surface area contributed by atoms with Crippen molar-refractivity contribution in [2.45, 2.75) is 44.6 Å². The first kappa shape index (κ1) is 13.3. The minimum Gasteiger partial charge on any atom is -0.406 e. The Balaban J connectivity index is 2.15. The fraction of sp³-hybridized carbons (Fsp3) is 0.538. The number of benzene rings is 1. The van der Waals surface area contributed by atoms with Crippen LogP contribution in [-0.2, 0) is 12.8 Å². The van der Waals surface area contributed by atoms with Crippen molar-refractivity contribution in [2.24, 2.45) is 0 Å². The van der Waals surface area contributed by atoms with Gasteiger partial charge in [0.15, 0.2) is 5.75 Å². The third kappa shape index (κ3) is 2.81. The number of hydrogen-bond donors (Lipinski definition) is 4. The molecule has 0 aromatic heterocycles. The van der Waals surface area contributed by atoms with Gasteiger partial charge in [-0.05, 0) is 18.1 Å². The quantitative estimate of drug-likeness (QED) is 0.452. The Bertz CT molecular complexity index is 410. The van der Waals surface area contributed by atoms with Gasteiger partial charge in [0, 0.05) is 18.4 Å². The number of nitrogens with one attached hydrogen (secondary N) is 1. The van der Waals surface area contributed by atoms with E-state index < -0.39 is 18.4 Å². The molecule has 0 fully saturated rings. The second-order valence-electron chi connectivity index (χ2n) is 4.58. The number of hydroxylamine groups is 1. The fourth-order valence-corrected chi connectivity index (χ4v) is 2.05. The zero-order valence-corrected chi connectivity index (χ0v) is 10.3. The monoisotopic (exact) mass is 253 g/mol. The molecule has 2 rings (SSSR count). The molecule has 1 aromatic carbocycles. The molecule has 0 amide bonds. The Morgan fingerprint density at radius 3 is 2.78 bits per heavy atom. The molecule has 1 aliphatic rings. The van der Waals surface area contributed by atoms with Crippen LogP contribution >= 0.6 is 0 Å². The maximum absolute atomic E-state index is 9.70. The van der Waals surface area contributed by atoms with Crippen molar-refractivity contribution >= 4 is 0 Å². The lowest BCUT2D eigenvalue weighted by Crippen LogP contribution is -2.36. The Kier molecular flexibility index (Phi) is 4.19. The van der Waals surface area contributed by atoms with Gasteiger partial charge in [0.1, 0.15) is 6.23 Å². The average molecular weight is 253 g/mol. The highest BCUT2D eigenvalue weighted by Crippen LogP contribution is 2.29. The summed E-state index contributed by atoms with van der Waals surface area (Å²) in [6.07, 6.45) is -0.892. The van der Waals surface area contributed by atoms with Gasteiger partial charge in [0.2, 0.25) is 0 Å². The molecule has 18 heavy (non-hydrogen) atoms. The average Bonchev–Trinajstić information content (AvgIpc) is 2.37. The lowest BCUT2D eigenvalue weighted by atomic mass is 9.87. The molecular formula is C13H19NO4. The predicted molar refractivity (Wildman–Crippen MR) is 65.9 cm³/mol. The number of rotatable bonds is 4. The second-order valence-corrected chi connectivity index (χ2v) is 4.58. The summed E-state index contributed by atoms with van der Waals surface area (Å²) in [4.78, 5) is 5.35. The van der Waals surface area contributed by atoms with Gasteiger partial charge in [-0.15, -0.1) is 5.48 Å². The van der Waals surface area contributed by atoms with Crippen LogP contribution in [0, 0.1) is 0 Å². The van der Waals surface area contributed by atoms with E-state index in [0.717, 1.165) is 11.1 Å². The van der Waals surface area contributed by atoms with Crippen molar-refractivity contribution in [3.63, 3.8) is 0 Å². The molecule has 5 nitrogen and oxygen atoms in total. The van der Waals surface area contributed by atoms with Crippen LogP contribution < -0.4 is 10.3 Å². The molecule has 100 valence electrons. The molecule has 1 aromatic rings. The Hall–Kier alpha value is -1.14. The Morgan fingerprint density at radius 1 is 1.33 bits per heavy atom. The van der Waals surface area contributed by atoms with Crippen LogP contribution in [0.4, 0.5) is 0 Å². The number of fused-ring (bicyclic) bond motifs is 1. The molecule has 1 aliphatic carbocycles. The highest BCUT2D eigenvalue weighted by molar-refractivity contribution is 5.42. The van der Waals surface area contributed by atoms with E-state index in [1.54, 1.807) is 6.07 Å². The number of aliphatic hydroxyl groups excluding tert-OH is 3. The maximum atomic E-state index is 9.70.